The third-order valence-electron chi connectivity index (χ3n) is 6.13. The van der Waals surface area contributed by atoms with E-state index in [4.69, 9.17) is 14.5 Å². The molecule has 0 saturated carbocycles. The molecule has 2 heterocycles. The highest BCUT2D eigenvalue weighted by molar-refractivity contribution is 8.18. The molecule has 0 radical (unpaired) electrons. The second-order valence-corrected chi connectivity index (χ2v) is 9.42. The van der Waals surface area contributed by atoms with Crippen molar-refractivity contribution in [1.82, 2.24) is 9.47 Å². The molecule has 1 amide bonds. The number of amides is 1. The first-order valence-electron chi connectivity index (χ1n) is 11.6. The number of amidine groups is 1. The lowest BCUT2D eigenvalue weighted by Gasteiger charge is -2.14. The second kappa shape index (κ2) is 10.5. The molecule has 7 nitrogen and oxygen atoms in total. The molecule has 8 heteroatoms. The number of methoxy groups -OCH3 is 2. The van der Waals surface area contributed by atoms with E-state index in [2.05, 4.69) is 10.6 Å². The van der Waals surface area contributed by atoms with E-state index in [0.29, 0.717) is 22.2 Å². The maximum absolute atomic E-state index is 13.2. The van der Waals surface area contributed by atoms with Gasteiger partial charge in [-0.1, -0.05) is 6.07 Å². The molecular weight excluding hydrogens is 474 g/mol. The largest absolute Gasteiger partial charge is 0.497 e. The molecule has 0 unspecified atom stereocenters. The Balaban J connectivity index is 1.70. The monoisotopic (exact) mass is 503 g/mol. The molecule has 1 fully saturated rings. The summed E-state index contributed by atoms with van der Waals surface area (Å²) in [6, 6.07) is 15.0. The van der Waals surface area contributed by atoms with Crippen LogP contribution in [0.1, 0.15) is 39.8 Å². The molecule has 4 rings (SSSR count). The smallest absolute Gasteiger partial charge is 0.337 e. The number of thioether (sulfide) groups is 1. The summed E-state index contributed by atoms with van der Waals surface area (Å²) in [5.74, 6) is 0.311. The van der Waals surface area contributed by atoms with Crippen molar-refractivity contribution in [2.75, 3.05) is 20.8 Å². The molecule has 0 aliphatic carbocycles. The van der Waals surface area contributed by atoms with E-state index in [1.54, 1.807) is 18.1 Å². The summed E-state index contributed by atoms with van der Waals surface area (Å²) in [7, 11) is 3.00. The number of hydrogen-bond donors (Lipinski definition) is 0. The molecule has 1 aromatic heterocycles. The van der Waals surface area contributed by atoms with Gasteiger partial charge < -0.3 is 14.0 Å². The van der Waals surface area contributed by atoms with Gasteiger partial charge in [0.05, 0.1) is 30.4 Å². The minimum Gasteiger partial charge on any atom is -0.497 e. The van der Waals surface area contributed by atoms with Gasteiger partial charge in [0.1, 0.15) is 5.75 Å². The van der Waals surface area contributed by atoms with E-state index in [1.165, 1.54) is 18.9 Å². The SMILES string of the molecule is CCN1C(=O)/C(=C\c2cc(C)n(-c3cc(C(=O)OC)ccc3C)c2C)SC1=Nc1ccc(OC)cc1. The number of esters is 1. The second-order valence-electron chi connectivity index (χ2n) is 8.41. The molecule has 2 aromatic carbocycles. The first-order valence-corrected chi connectivity index (χ1v) is 12.4. The summed E-state index contributed by atoms with van der Waals surface area (Å²) in [4.78, 5) is 32.3. The molecule has 1 aliphatic heterocycles. The molecule has 0 atom stereocenters. The van der Waals surface area contributed by atoms with Crippen molar-refractivity contribution in [1.29, 1.82) is 0 Å². The highest BCUT2D eigenvalue weighted by atomic mass is 32.2. The van der Waals surface area contributed by atoms with Crippen LogP contribution in [-0.2, 0) is 9.53 Å². The van der Waals surface area contributed by atoms with Crippen LogP contribution in [0, 0.1) is 20.8 Å². The van der Waals surface area contributed by atoms with Gasteiger partial charge in [0.25, 0.3) is 5.91 Å². The summed E-state index contributed by atoms with van der Waals surface area (Å²) < 4.78 is 12.2. The topological polar surface area (TPSA) is 73.1 Å². The number of likely N-dealkylation sites (N-methyl/N-ethyl adjacent to an activating group) is 1. The first-order chi connectivity index (χ1) is 17.3. The third kappa shape index (κ3) is 4.81. The average molecular weight is 504 g/mol. The first kappa shape index (κ1) is 25.3. The van der Waals surface area contributed by atoms with Crippen LogP contribution in [0.4, 0.5) is 5.69 Å². The number of aryl methyl sites for hydroxylation is 2. The predicted octanol–water partition coefficient (Wildman–Crippen LogP) is 5.82. The zero-order valence-electron chi connectivity index (χ0n) is 21.3. The molecule has 0 spiro atoms. The Morgan fingerprint density at radius 2 is 1.78 bits per heavy atom. The van der Waals surface area contributed by atoms with Gasteiger partial charge in [0.2, 0.25) is 0 Å². The molecule has 0 N–H and O–H groups in total. The van der Waals surface area contributed by atoms with Gasteiger partial charge in [0, 0.05) is 23.6 Å². The van der Waals surface area contributed by atoms with E-state index in [-0.39, 0.29) is 11.9 Å². The van der Waals surface area contributed by atoms with Crippen molar-refractivity contribution in [3.8, 4) is 11.4 Å². The van der Waals surface area contributed by atoms with Crippen molar-refractivity contribution in [3.05, 3.63) is 81.5 Å². The fraction of sp³-hybridized carbons (Fsp3) is 0.250. The summed E-state index contributed by atoms with van der Waals surface area (Å²) >= 11 is 1.37. The molecule has 3 aromatic rings. The van der Waals surface area contributed by atoms with Gasteiger partial charge in [0.15, 0.2) is 5.17 Å². The maximum atomic E-state index is 13.2. The van der Waals surface area contributed by atoms with Crippen LogP contribution in [-0.4, -0.2) is 47.3 Å². The number of carbonyl (C=O) groups excluding carboxylic acids is 2. The number of carbonyl (C=O) groups is 2. The van der Waals surface area contributed by atoms with E-state index >= 15 is 0 Å². The highest BCUT2D eigenvalue weighted by Gasteiger charge is 2.32. The molecular formula is C28H29N3O4S. The van der Waals surface area contributed by atoms with E-state index in [0.717, 1.165) is 39.6 Å². The van der Waals surface area contributed by atoms with Crippen molar-refractivity contribution >= 4 is 40.6 Å². The van der Waals surface area contributed by atoms with Crippen LogP contribution >= 0.6 is 11.8 Å². The fourth-order valence-electron chi connectivity index (χ4n) is 4.18. The lowest BCUT2D eigenvalue weighted by atomic mass is 10.1. The van der Waals surface area contributed by atoms with Gasteiger partial charge in [-0.25, -0.2) is 9.79 Å². The normalized spacial score (nSPS) is 15.7. The number of nitrogens with zero attached hydrogens (tertiary/aromatic N) is 3. The number of ether oxygens (including phenoxy) is 2. The Labute approximate surface area is 215 Å². The number of benzene rings is 2. The standard InChI is InChI=1S/C28H29N3O4S/c1-7-30-26(32)25(36-28(30)29-22-10-12-23(34-5)13-11-22)16-21-14-18(3)31(19(21)4)24-15-20(27(33)35-6)9-8-17(24)2/h8-16H,7H2,1-6H3/b25-16+,29-28?. The van der Waals surface area contributed by atoms with Crippen molar-refractivity contribution in [2.45, 2.75) is 27.7 Å². The Morgan fingerprint density at radius 3 is 2.42 bits per heavy atom. The number of hydrogen-bond acceptors (Lipinski definition) is 6. The van der Waals surface area contributed by atoms with Crippen LogP contribution < -0.4 is 4.74 Å². The summed E-state index contributed by atoms with van der Waals surface area (Å²) in [5.41, 5.74) is 6.09. The van der Waals surface area contributed by atoms with E-state index in [9.17, 15) is 9.59 Å². The van der Waals surface area contributed by atoms with E-state index in [1.807, 2.05) is 70.2 Å². The number of aromatic nitrogens is 1. The van der Waals surface area contributed by atoms with Crippen LogP contribution in [0.3, 0.4) is 0 Å². The maximum Gasteiger partial charge on any atom is 0.337 e. The quantitative estimate of drug-likeness (QED) is 0.313. The summed E-state index contributed by atoms with van der Waals surface area (Å²) in [6.07, 6.45) is 1.92. The summed E-state index contributed by atoms with van der Waals surface area (Å²) in [6.45, 7) is 8.49. The minimum absolute atomic E-state index is 0.0663. The highest BCUT2D eigenvalue weighted by Crippen LogP contribution is 2.35. The molecule has 36 heavy (non-hydrogen) atoms. The Kier molecular flexibility index (Phi) is 7.35. The molecule has 1 saturated heterocycles. The van der Waals surface area contributed by atoms with Gasteiger partial charge in [-0.3, -0.25) is 9.69 Å². The van der Waals surface area contributed by atoms with Crippen LogP contribution in [0.2, 0.25) is 0 Å². The molecule has 0 bridgehead atoms. The Bertz CT molecular complexity index is 1390. The fourth-order valence-corrected chi connectivity index (χ4v) is 5.23. The third-order valence-corrected chi connectivity index (χ3v) is 7.14. The van der Waals surface area contributed by atoms with E-state index < -0.39 is 0 Å². The number of aliphatic imine (C=N–C) groups is 1. The molecule has 186 valence electrons. The van der Waals surface area contributed by atoms with Gasteiger partial charge >= 0.3 is 5.97 Å². The Morgan fingerprint density at radius 1 is 1.06 bits per heavy atom. The van der Waals surface area contributed by atoms with Crippen molar-refractivity contribution in [2.24, 2.45) is 4.99 Å². The average Bonchev–Trinajstić information content (AvgIpc) is 3.33. The van der Waals surface area contributed by atoms with Gasteiger partial charge in [-0.2, -0.15) is 0 Å². The summed E-state index contributed by atoms with van der Waals surface area (Å²) in [5, 5.41) is 0.648. The van der Waals surface area contributed by atoms with Crippen molar-refractivity contribution in [3.63, 3.8) is 0 Å². The van der Waals surface area contributed by atoms with Gasteiger partial charge in [-0.05, 0) is 99.1 Å². The lowest BCUT2D eigenvalue weighted by molar-refractivity contribution is -0.122. The predicted molar refractivity (Wildman–Crippen MR) is 144 cm³/mol. The van der Waals surface area contributed by atoms with Crippen LogP contribution in [0.15, 0.2) is 58.4 Å². The minimum atomic E-state index is -0.377. The van der Waals surface area contributed by atoms with Crippen LogP contribution in [0.5, 0.6) is 5.75 Å². The zero-order valence-corrected chi connectivity index (χ0v) is 22.1. The van der Waals surface area contributed by atoms with Gasteiger partial charge in [-0.15, -0.1) is 0 Å². The zero-order chi connectivity index (χ0) is 26.0. The number of rotatable bonds is 6. The molecule has 1 aliphatic rings. The lowest BCUT2D eigenvalue weighted by Crippen LogP contribution is -2.28. The van der Waals surface area contributed by atoms with Crippen LogP contribution in [0.25, 0.3) is 11.8 Å². The Hall–Kier alpha value is -3.78. The van der Waals surface area contributed by atoms with Crippen molar-refractivity contribution < 1.29 is 19.1 Å².